The van der Waals surface area contributed by atoms with Crippen LogP contribution >= 0.6 is 0 Å². The van der Waals surface area contributed by atoms with Crippen LogP contribution in [0, 0.1) is 0 Å². The minimum atomic E-state index is -0.486. The van der Waals surface area contributed by atoms with E-state index in [2.05, 4.69) is 6.92 Å². The van der Waals surface area contributed by atoms with Gasteiger partial charge in [0.15, 0.2) is 5.79 Å². The highest BCUT2D eigenvalue weighted by Gasteiger charge is 2.36. The third kappa shape index (κ3) is 4.49. The number of hydrogen-bond acceptors (Lipinski definition) is 4. The second kappa shape index (κ2) is 6.21. The van der Waals surface area contributed by atoms with E-state index in [-0.39, 0.29) is 12.1 Å². The Morgan fingerprint density at radius 2 is 2.25 bits per heavy atom. The van der Waals surface area contributed by atoms with Gasteiger partial charge in [-0.3, -0.25) is 4.79 Å². The van der Waals surface area contributed by atoms with Gasteiger partial charge in [0.05, 0.1) is 6.61 Å². The minimum absolute atomic E-state index is 0.115. The topological polar surface area (TPSA) is 44.8 Å². The molecule has 0 aliphatic carbocycles. The summed E-state index contributed by atoms with van der Waals surface area (Å²) in [5.41, 5.74) is 0. The SMILES string of the molecule is CCCCCC1(C)OCC(COC(C)=O)O1. The molecule has 0 radical (unpaired) electrons. The number of unbranched alkanes of at least 4 members (excludes halogenated alkanes) is 2. The summed E-state index contributed by atoms with van der Waals surface area (Å²) in [4.78, 5) is 10.7. The Balaban J connectivity index is 2.24. The van der Waals surface area contributed by atoms with Gasteiger partial charge >= 0.3 is 5.97 Å². The number of rotatable bonds is 6. The van der Waals surface area contributed by atoms with Crippen LogP contribution in [0.5, 0.6) is 0 Å². The van der Waals surface area contributed by atoms with Crippen LogP contribution in [0.25, 0.3) is 0 Å². The molecule has 0 aromatic rings. The Hall–Kier alpha value is -0.610. The molecule has 1 fully saturated rings. The summed E-state index contributed by atoms with van der Waals surface area (Å²) in [6, 6.07) is 0. The monoisotopic (exact) mass is 230 g/mol. The fraction of sp³-hybridized carbons (Fsp3) is 0.917. The van der Waals surface area contributed by atoms with Gasteiger partial charge in [-0.2, -0.15) is 0 Å². The van der Waals surface area contributed by atoms with Crippen LogP contribution in [0.3, 0.4) is 0 Å². The van der Waals surface area contributed by atoms with Crippen molar-refractivity contribution in [3.05, 3.63) is 0 Å². The van der Waals surface area contributed by atoms with Crippen molar-refractivity contribution in [3.63, 3.8) is 0 Å². The molecule has 1 aliphatic rings. The van der Waals surface area contributed by atoms with Crippen LogP contribution in [0.2, 0.25) is 0 Å². The molecule has 16 heavy (non-hydrogen) atoms. The summed E-state index contributed by atoms with van der Waals surface area (Å²) in [5, 5.41) is 0. The molecular formula is C12H22O4. The van der Waals surface area contributed by atoms with Crippen molar-refractivity contribution < 1.29 is 19.0 Å². The molecule has 0 amide bonds. The number of carbonyl (C=O) groups is 1. The van der Waals surface area contributed by atoms with E-state index in [1.54, 1.807) is 0 Å². The first-order valence-electron chi connectivity index (χ1n) is 6.01. The zero-order valence-electron chi connectivity index (χ0n) is 10.5. The zero-order chi connectivity index (χ0) is 12.0. The lowest BCUT2D eigenvalue weighted by atomic mass is 10.1. The van der Waals surface area contributed by atoms with E-state index in [1.165, 1.54) is 19.8 Å². The van der Waals surface area contributed by atoms with E-state index < -0.39 is 5.79 Å². The molecule has 4 heteroatoms. The maximum absolute atomic E-state index is 10.7. The maximum Gasteiger partial charge on any atom is 0.302 e. The first-order valence-corrected chi connectivity index (χ1v) is 6.01. The lowest BCUT2D eigenvalue weighted by molar-refractivity contribution is -0.169. The largest absolute Gasteiger partial charge is 0.463 e. The molecule has 1 rings (SSSR count). The Morgan fingerprint density at radius 3 is 2.88 bits per heavy atom. The van der Waals surface area contributed by atoms with Gasteiger partial charge in [-0.05, 0) is 13.3 Å². The van der Waals surface area contributed by atoms with E-state index in [9.17, 15) is 4.79 Å². The van der Waals surface area contributed by atoms with Crippen LogP contribution in [0.15, 0.2) is 0 Å². The summed E-state index contributed by atoms with van der Waals surface area (Å²) in [5.74, 6) is -0.761. The van der Waals surface area contributed by atoms with Crippen molar-refractivity contribution >= 4 is 5.97 Å². The van der Waals surface area contributed by atoms with E-state index in [4.69, 9.17) is 14.2 Å². The number of hydrogen-bond donors (Lipinski definition) is 0. The van der Waals surface area contributed by atoms with Gasteiger partial charge in [-0.25, -0.2) is 0 Å². The molecular weight excluding hydrogens is 208 g/mol. The molecule has 4 nitrogen and oxygen atoms in total. The summed E-state index contributed by atoms with van der Waals surface area (Å²) in [6.07, 6.45) is 4.27. The van der Waals surface area contributed by atoms with E-state index in [0.29, 0.717) is 13.2 Å². The van der Waals surface area contributed by atoms with Crippen LogP contribution in [-0.2, 0) is 19.0 Å². The molecule has 0 saturated carbocycles. The molecule has 2 unspecified atom stereocenters. The Bertz CT molecular complexity index is 229. The van der Waals surface area contributed by atoms with E-state index in [1.807, 2.05) is 6.92 Å². The average Bonchev–Trinajstić information content (AvgIpc) is 2.58. The van der Waals surface area contributed by atoms with Crippen molar-refractivity contribution in [2.24, 2.45) is 0 Å². The van der Waals surface area contributed by atoms with Crippen LogP contribution in [-0.4, -0.2) is 31.1 Å². The average molecular weight is 230 g/mol. The molecule has 1 aliphatic heterocycles. The van der Waals surface area contributed by atoms with E-state index in [0.717, 1.165) is 12.8 Å². The highest BCUT2D eigenvalue weighted by Crippen LogP contribution is 2.28. The molecule has 0 aromatic carbocycles. The summed E-state index contributed by atoms with van der Waals surface area (Å²) < 4.78 is 16.3. The Morgan fingerprint density at radius 1 is 1.50 bits per heavy atom. The fourth-order valence-corrected chi connectivity index (χ4v) is 1.81. The highest BCUT2D eigenvalue weighted by molar-refractivity contribution is 5.65. The summed E-state index contributed by atoms with van der Waals surface area (Å²) in [6.45, 7) is 6.32. The van der Waals surface area contributed by atoms with Crippen molar-refractivity contribution in [2.75, 3.05) is 13.2 Å². The molecule has 1 heterocycles. The van der Waals surface area contributed by atoms with Gasteiger partial charge < -0.3 is 14.2 Å². The standard InChI is InChI=1S/C12H22O4/c1-4-5-6-7-12(3)15-9-11(16-12)8-14-10(2)13/h11H,4-9H2,1-3H3. The molecule has 94 valence electrons. The molecule has 0 aromatic heterocycles. The molecule has 0 spiro atoms. The molecule has 1 saturated heterocycles. The molecule has 0 bridgehead atoms. The maximum atomic E-state index is 10.7. The first kappa shape index (κ1) is 13.5. The normalized spacial score (nSPS) is 29.3. The first-order chi connectivity index (χ1) is 7.56. The summed E-state index contributed by atoms with van der Waals surface area (Å²) >= 11 is 0. The van der Waals surface area contributed by atoms with Crippen molar-refractivity contribution in [1.29, 1.82) is 0 Å². The van der Waals surface area contributed by atoms with Gasteiger partial charge in [0.25, 0.3) is 0 Å². The van der Waals surface area contributed by atoms with Crippen molar-refractivity contribution in [1.82, 2.24) is 0 Å². The number of ether oxygens (including phenoxy) is 3. The third-order valence-corrected chi connectivity index (χ3v) is 2.70. The van der Waals surface area contributed by atoms with Gasteiger partial charge in [-0.1, -0.05) is 19.8 Å². The molecule has 0 N–H and O–H groups in total. The Kier molecular flexibility index (Phi) is 5.22. The fourth-order valence-electron chi connectivity index (χ4n) is 1.81. The summed E-state index contributed by atoms with van der Waals surface area (Å²) in [7, 11) is 0. The molecule has 2 atom stereocenters. The lowest BCUT2D eigenvalue weighted by Gasteiger charge is -2.23. The number of esters is 1. The van der Waals surface area contributed by atoms with Gasteiger partial charge in [0, 0.05) is 13.3 Å². The lowest BCUT2D eigenvalue weighted by Crippen LogP contribution is -2.28. The predicted molar refractivity (Wildman–Crippen MR) is 60.0 cm³/mol. The second-order valence-corrected chi connectivity index (χ2v) is 4.44. The van der Waals surface area contributed by atoms with Crippen LogP contribution < -0.4 is 0 Å². The third-order valence-electron chi connectivity index (χ3n) is 2.70. The predicted octanol–water partition coefficient (Wildman–Crippen LogP) is 2.26. The number of carbonyl (C=O) groups excluding carboxylic acids is 1. The van der Waals surface area contributed by atoms with Crippen LogP contribution in [0.4, 0.5) is 0 Å². The van der Waals surface area contributed by atoms with Gasteiger partial charge in [0.1, 0.15) is 12.7 Å². The van der Waals surface area contributed by atoms with Crippen LogP contribution in [0.1, 0.15) is 46.5 Å². The Labute approximate surface area is 97.2 Å². The van der Waals surface area contributed by atoms with E-state index >= 15 is 0 Å². The van der Waals surface area contributed by atoms with Gasteiger partial charge in [0.2, 0.25) is 0 Å². The highest BCUT2D eigenvalue weighted by atomic mass is 16.7. The second-order valence-electron chi connectivity index (χ2n) is 4.44. The minimum Gasteiger partial charge on any atom is -0.463 e. The van der Waals surface area contributed by atoms with Gasteiger partial charge in [-0.15, -0.1) is 0 Å². The van der Waals surface area contributed by atoms with Crippen molar-refractivity contribution in [3.8, 4) is 0 Å². The zero-order valence-corrected chi connectivity index (χ0v) is 10.5. The quantitative estimate of drug-likeness (QED) is 0.518. The van der Waals surface area contributed by atoms with Crippen molar-refractivity contribution in [2.45, 2.75) is 58.3 Å². The smallest absolute Gasteiger partial charge is 0.302 e.